The van der Waals surface area contributed by atoms with Gasteiger partial charge in [0, 0.05) is 0 Å². The average Bonchev–Trinajstić information content (AvgIpc) is 2.08. The van der Waals surface area contributed by atoms with Crippen LogP contribution in [0.4, 0.5) is 4.39 Å². The Hall–Kier alpha value is -1.13. The maximum absolute atomic E-state index is 12.9. The lowest BCUT2D eigenvalue weighted by molar-refractivity contribution is -0.163. The summed E-state index contributed by atoms with van der Waals surface area (Å²) in [4.78, 5) is 11.1. The van der Waals surface area contributed by atoms with E-state index in [0.29, 0.717) is 5.56 Å². The lowest BCUT2D eigenvalue weighted by atomic mass is 9.79. The van der Waals surface area contributed by atoms with Gasteiger partial charge in [-0.15, -0.1) is 0 Å². The largest absolute Gasteiger partial charge is 0.480 e. The highest BCUT2D eigenvalue weighted by Gasteiger charge is 2.48. The Morgan fingerprint density at radius 1 is 1.53 bits per heavy atom. The number of hydrogen-bond donors (Lipinski definition) is 1. The van der Waals surface area contributed by atoms with Crippen LogP contribution < -0.4 is 0 Å². The Balaban J connectivity index is 2.44. The monoisotopic (exact) mass is 230 g/mol. The molecule has 1 saturated heterocycles. The van der Waals surface area contributed by atoms with Gasteiger partial charge in [-0.1, -0.05) is 17.7 Å². The predicted octanol–water partition coefficient (Wildman–Crippen LogP) is 1.83. The van der Waals surface area contributed by atoms with Crippen molar-refractivity contribution >= 4 is 17.6 Å². The fraction of sp³-hybridized carbons (Fsp3) is 0.300. The van der Waals surface area contributed by atoms with Crippen LogP contribution in [0.3, 0.4) is 0 Å². The molecule has 1 aliphatic rings. The second-order valence-electron chi connectivity index (χ2n) is 3.51. The molecule has 0 bridgehead atoms. The van der Waals surface area contributed by atoms with Crippen LogP contribution in [0.25, 0.3) is 0 Å². The van der Waals surface area contributed by atoms with Crippen molar-refractivity contribution in [3.8, 4) is 0 Å². The topological polar surface area (TPSA) is 46.5 Å². The van der Waals surface area contributed by atoms with Gasteiger partial charge in [0.05, 0.1) is 18.2 Å². The minimum absolute atomic E-state index is 0.0694. The number of rotatable bonds is 2. The summed E-state index contributed by atoms with van der Waals surface area (Å²) in [5.74, 6) is -1.53. The molecule has 2 rings (SSSR count). The quantitative estimate of drug-likeness (QED) is 0.843. The van der Waals surface area contributed by atoms with Crippen LogP contribution in [0.2, 0.25) is 5.02 Å². The van der Waals surface area contributed by atoms with Gasteiger partial charge in [0.15, 0.2) is 0 Å². The molecule has 15 heavy (non-hydrogen) atoms. The summed E-state index contributed by atoms with van der Waals surface area (Å²) < 4.78 is 17.8. The molecule has 80 valence electrons. The Bertz CT molecular complexity index is 415. The van der Waals surface area contributed by atoms with E-state index in [-0.39, 0.29) is 18.2 Å². The maximum atomic E-state index is 12.9. The SMILES string of the molecule is O=C(O)C1(c2ccc(F)c(Cl)c2)COC1. The standard InChI is InChI=1S/C10H8ClFO3/c11-7-3-6(1-2-8(7)12)10(9(13)14)4-15-5-10/h1-3H,4-5H2,(H,13,14). The van der Waals surface area contributed by atoms with E-state index >= 15 is 0 Å². The van der Waals surface area contributed by atoms with E-state index in [1.54, 1.807) is 0 Å². The third kappa shape index (κ3) is 1.50. The predicted molar refractivity (Wildman–Crippen MR) is 51.5 cm³/mol. The molecule has 1 N–H and O–H groups in total. The molecule has 0 amide bonds. The molecule has 0 spiro atoms. The Morgan fingerprint density at radius 3 is 2.60 bits per heavy atom. The van der Waals surface area contributed by atoms with Gasteiger partial charge in [-0.25, -0.2) is 4.39 Å². The Labute approximate surface area is 90.4 Å². The van der Waals surface area contributed by atoms with Gasteiger partial charge in [0.25, 0.3) is 0 Å². The third-order valence-electron chi connectivity index (χ3n) is 2.58. The number of halogens is 2. The molecule has 0 radical (unpaired) electrons. The van der Waals surface area contributed by atoms with Crippen LogP contribution >= 0.6 is 11.6 Å². The van der Waals surface area contributed by atoms with Crippen molar-refractivity contribution in [3.05, 3.63) is 34.6 Å². The number of carbonyl (C=O) groups is 1. The van der Waals surface area contributed by atoms with Crippen LogP contribution in [-0.2, 0) is 14.9 Å². The van der Waals surface area contributed by atoms with E-state index in [9.17, 15) is 9.18 Å². The van der Waals surface area contributed by atoms with Crippen LogP contribution in [0.1, 0.15) is 5.56 Å². The second kappa shape index (κ2) is 3.47. The molecule has 5 heteroatoms. The summed E-state index contributed by atoms with van der Waals surface area (Å²) in [6.45, 7) is 0.203. The Morgan fingerprint density at radius 2 is 2.20 bits per heavy atom. The number of aliphatic carboxylic acids is 1. The average molecular weight is 231 g/mol. The van der Waals surface area contributed by atoms with E-state index < -0.39 is 17.2 Å². The summed E-state index contributed by atoms with van der Waals surface area (Å²) in [5, 5.41) is 9.01. The van der Waals surface area contributed by atoms with Gasteiger partial charge in [0.1, 0.15) is 11.2 Å². The van der Waals surface area contributed by atoms with Gasteiger partial charge in [-0.3, -0.25) is 4.79 Å². The molecule has 1 fully saturated rings. The number of benzene rings is 1. The first-order chi connectivity index (χ1) is 7.06. The third-order valence-corrected chi connectivity index (χ3v) is 2.87. The molecular weight excluding hydrogens is 223 g/mol. The number of carboxylic acids is 1. The molecule has 0 saturated carbocycles. The number of hydrogen-bond acceptors (Lipinski definition) is 2. The molecule has 1 aliphatic heterocycles. The van der Waals surface area contributed by atoms with Crippen molar-refractivity contribution in [3.63, 3.8) is 0 Å². The summed E-state index contributed by atoms with van der Waals surface area (Å²) in [6, 6.07) is 3.94. The maximum Gasteiger partial charge on any atom is 0.318 e. The smallest absolute Gasteiger partial charge is 0.318 e. The van der Waals surface area contributed by atoms with E-state index in [1.807, 2.05) is 0 Å². The number of ether oxygens (including phenoxy) is 1. The lowest BCUT2D eigenvalue weighted by Crippen LogP contribution is -2.53. The first kappa shape index (κ1) is 10.4. The molecule has 3 nitrogen and oxygen atoms in total. The van der Waals surface area contributed by atoms with Crippen molar-refractivity contribution in [1.82, 2.24) is 0 Å². The van der Waals surface area contributed by atoms with Gasteiger partial charge in [0.2, 0.25) is 0 Å². The first-order valence-corrected chi connectivity index (χ1v) is 4.71. The second-order valence-corrected chi connectivity index (χ2v) is 3.92. The zero-order valence-corrected chi connectivity index (χ0v) is 8.42. The van der Waals surface area contributed by atoms with Crippen LogP contribution in [0, 0.1) is 5.82 Å². The van der Waals surface area contributed by atoms with Crippen molar-refractivity contribution < 1.29 is 19.0 Å². The van der Waals surface area contributed by atoms with E-state index in [4.69, 9.17) is 21.4 Å². The highest BCUT2D eigenvalue weighted by molar-refractivity contribution is 6.30. The first-order valence-electron chi connectivity index (χ1n) is 4.33. The molecule has 0 aliphatic carbocycles. The summed E-state index contributed by atoms with van der Waals surface area (Å²) in [6.07, 6.45) is 0. The van der Waals surface area contributed by atoms with Crippen LogP contribution in [0.5, 0.6) is 0 Å². The van der Waals surface area contributed by atoms with Crippen LogP contribution in [-0.4, -0.2) is 24.3 Å². The summed E-state index contributed by atoms with van der Waals surface area (Å²) >= 11 is 5.60. The Kier molecular flexibility index (Phi) is 2.40. The normalized spacial score (nSPS) is 18.3. The zero-order valence-electron chi connectivity index (χ0n) is 7.67. The summed E-state index contributed by atoms with van der Waals surface area (Å²) in [5.41, 5.74) is -0.579. The summed E-state index contributed by atoms with van der Waals surface area (Å²) in [7, 11) is 0. The van der Waals surface area contributed by atoms with E-state index in [2.05, 4.69) is 0 Å². The van der Waals surface area contributed by atoms with E-state index in [1.165, 1.54) is 18.2 Å². The van der Waals surface area contributed by atoms with Crippen molar-refractivity contribution in [2.24, 2.45) is 0 Å². The van der Waals surface area contributed by atoms with Crippen molar-refractivity contribution in [1.29, 1.82) is 0 Å². The molecule has 0 unspecified atom stereocenters. The minimum atomic E-state index is -1.06. The zero-order chi connectivity index (χ0) is 11.1. The van der Waals surface area contributed by atoms with Crippen LogP contribution in [0.15, 0.2) is 18.2 Å². The highest BCUT2D eigenvalue weighted by atomic mass is 35.5. The molecule has 0 aromatic heterocycles. The number of carboxylic acid groups (broad SMARTS) is 1. The van der Waals surface area contributed by atoms with Crippen molar-refractivity contribution in [2.75, 3.05) is 13.2 Å². The molecular formula is C10H8ClFO3. The van der Waals surface area contributed by atoms with E-state index in [0.717, 1.165) is 0 Å². The molecule has 1 aromatic carbocycles. The van der Waals surface area contributed by atoms with Gasteiger partial charge in [-0.2, -0.15) is 0 Å². The lowest BCUT2D eigenvalue weighted by Gasteiger charge is -2.37. The molecule has 1 heterocycles. The molecule has 1 aromatic rings. The molecule has 0 atom stereocenters. The van der Waals surface area contributed by atoms with Gasteiger partial charge >= 0.3 is 5.97 Å². The minimum Gasteiger partial charge on any atom is -0.480 e. The van der Waals surface area contributed by atoms with Gasteiger partial charge in [-0.05, 0) is 17.7 Å². The fourth-order valence-corrected chi connectivity index (χ4v) is 1.69. The van der Waals surface area contributed by atoms with Crippen molar-refractivity contribution in [2.45, 2.75) is 5.41 Å². The highest BCUT2D eigenvalue weighted by Crippen LogP contribution is 2.34. The fourth-order valence-electron chi connectivity index (χ4n) is 1.51. The van der Waals surface area contributed by atoms with Gasteiger partial charge < -0.3 is 9.84 Å².